The number of fused-ring (bicyclic) bond motifs is 1. The molecule has 2 aromatic heterocycles. The smallest absolute Gasteiger partial charge is 0.340 e. The zero-order valence-corrected chi connectivity index (χ0v) is 14.0. The minimum Gasteiger partial charge on any atom is -0.465 e. The maximum atomic E-state index is 12.5. The van der Waals surface area contributed by atoms with Crippen molar-refractivity contribution in [3.63, 3.8) is 0 Å². The molecule has 1 N–H and O–H groups in total. The van der Waals surface area contributed by atoms with Gasteiger partial charge < -0.3 is 9.15 Å². The first-order chi connectivity index (χ1) is 11.5. The molecule has 0 unspecified atom stereocenters. The Morgan fingerprint density at radius 3 is 2.50 bits per heavy atom. The number of pyridine rings is 1. The monoisotopic (exact) mass is 390 g/mol. The lowest BCUT2D eigenvalue weighted by Crippen LogP contribution is -2.33. The quantitative estimate of drug-likeness (QED) is 0.693. The lowest BCUT2D eigenvalue weighted by atomic mass is 10.1. The molecule has 3 aromatic rings. The van der Waals surface area contributed by atoms with Crippen LogP contribution < -0.4 is 11.0 Å². The highest BCUT2D eigenvalue weighted by Gasteiger charge is 2.17. The van der Waals surface area contributed by atoms with Crippen molar-refractivity contribution >= 4 is 38.6 Å². The highest BCUT2D eigenvalue weighted by atomic mass is 79.9. The number of aromatic nitrogens is 1. The number of halogens is 1. The summed E-state index contributed by atoms with van der Waals surface area (Å²) < 4.78 is 11.2. The minimum absolute atomic E-state index is 0.0153. The first-order valence-electron chi connectivity index (χ1n) is 6.80. The molecule has 8 heteroatoms. The van der Waals surface area contributed by atoms with Gasteiger partial charge in [-0.3, -0.25) is 15.0 Å². The molecule has 24 heavy (non-hydrogen) atoms. The molecule has 0 saturated carbocycles. The molecule has 0 aliphatic rings. The van der Waals surface area contributed by atoms with Crippen LogP contribution in [0.4, 0.5) is 0 Å². The number of nitrogens with one attached hydrogen (secondary N) is 1. The van der Waals surface area contributed by atoms with Crippen LogP contribution in [0.5, 0.6) is 0 Å². The molecule has 0 aliphatic heterocycles. The summed E-state index contributed by atoms with van der Waals surface area (Å²) in [6.45, 7) is 0. The van der Waals surface area contributed by atoms with Gasteiger partial charge >= 0.3 is 11.9 Å². The summed E-state index contributed by atoms with van der Waals surface area (Å²) in [4.78, 5) is 36.7. The second-order valence-electron chi connectivity index (χ2n) is 4.80. The van der Waals surface area contributed by atoms with Gasteiger partial charge in [-0.15, -0.1) is 0 Å². The van der Waals surface area contributed by atoms with Gasteiger partial charge in [0.2, 0.25) is 0 Å². The van der Waals surface area contributed by atoms with Crippen molar-refractivity contribution in [2.75, 3.05) is 12.5 Å². The number of hydrogen-bond acceptors (Lipinski definition) is 5. The van der Waals surface area contributed by atoms with E-state index in [0.29, 0.717) is 10.1 Å². The number of nitrogens with zero attached hydrogens (tertiary/aromatic N) is 1. The van der Waals surface area contributed by atoms with E-state index in [9.17, 15) is 14.4 Å². The fraction of sp³-hybridized carbons (Fsp3) is 0.0625. The van der Waals surface area contributed by atoms with Crippen LogP contribution in [0.1, 0.15) is 20.9 Å². The number of benzene rings is 1. The van der Waals surface area contributed by atoms with Crippen LogP contribution in [0.2, 0.25) is 0 Å². The number of methoxy groups -OCH3 is 1. The summed E-state index contributed by atoms with van der Waals surface area (Å²) in [5, 5.41) is 0.724. The van der Waals surface area contributed by atoms with Gasteiger partial charge in [0.25, 0.3) is 5.56 Å². The lowest BCUT2D eigenvalue weighted by Gasteiger charge is -2.11. The summed E-state index contributed by atoms with van der Waals surface area (Å²) in [5.74, 6) is -1.23. The fourth-order valence-corrected chi connectivity index (χ4v) is 2.55. The number of carbonyl (C=O) groups excluding carboxylic acids is 2. The van der Waals surface area contributed by atoms with E-state index >= 15 is 0 Å². The predicted octanol–water partition coefficient (Wildman–Crippen LogP) is 2.53. The van der Waals surface area contributed by atoms with Crippen LogP contribution in [0, 0.1) is 0 Å². The summed E-state index contributed by atoms with van der Waals surface area (Å²) in [7, 11) is 1.24. The van der Waals surface area contributed by atoms with E-state index in [1.807, 2.05) is 0 Å². The summed E-state index contributed by atoms with van der Waals surface area (Å²) in [5.41, 5.74) is 2.08. The zero-order valence-electron chi connectivity index (χ0n) is 12.4. The Hall–Kier alpha value is -2.87. The largest absolute Gasteiger partial charge is 0.465 e. The van der Waals surface area contributed by atoms with E-state index in [0.717, 1.165) is 4.68 Å². The van der Waals surface area contributed by atoms with Gasteiger partial charge in [-0.25, -0.2) is 9.47 Å². The molecule has 3 rings (SSSR count). The van der Waals surface area contributed by atoms with E-state index in [1.54, 1.807) is 30.3 Å². The molecular weight excluding hydrogens is 380 g/mol. The van der Waals surface area contributed by atoms with Crippen molar-refractivity contribution in [2.45, 2.75) is 0 Å². The van der Waals surface area contributed by atoms with Crippen LogP contribution in [0.15, 0.2) is 56.5 Å². The summed E-state index contributed by atoms with van der Waals surface area (Å²) in [6, 6.07) is 9.58. The molecule has 1 amide bonds. The van der Waals surface area contributed by atoms with Crippen LogP contribution in [-0.4, -0.2) is 23.7 Å². The number of rotatable bonds is 3. The van der Waals surface area contributed by atoms with Gasteiger partial charge in [-0.1, -0.05) is 18.2 Å². The normalized spacial score (nSPS) is 10.6. The van der Waals surface area contributed by atoms with Crippen molar-refractivity contribution in [1.29, 1.82) is 0 Å². The highest BCUT2D eigenvalue weighted by Crippen LogP contribution is 2.17. The van der Waals surface area contributed by atoms with Crippen LogP contribution >= 0.6 is 15.9 Å². The van der Waals surface area contributed by atoms with Crippen molar-refractivity contribution < 1.29 is 18.7 Å². The van der Waals surface area contributed by atoms with Gasteiger partial charge in [-0.2, -0.15) is 0 Å². The van der Waals surface area contributed by atoms with Gasteiger partial charge in [0, 0.05) is 17.0 Å². The number of esters is 1. The summed E-state index contributed by atoms with van der Waals surface area (Å²) in [6.07, 6.45) is 1.23. The standard InChI is InChI=1S/C16H11BrN2O5/c1-23-16(22)11-8-19(15(21)10-5-3-2-4-9(10)11)18-14(20)12-6-7-13(17)24-12/h2-8H,1H3,(H,18,20). The van der Waals surface area contributed by atoms with E-state index in [4.69, 9.17) is 9.15 Å². The molecule has 0 fully saturated rings. The van der Waals surface area contributed by atoms with E-state index in [1.165, 1.54) is 19.4 Å². The predicted molar refractivity (Wildman–Crippen MR) is 89.6 cm³/mol. The minimum atomic E-state index is -0.631. The molecular formula is C16H11BrN2O5. The Bertz CT molecular complexity index is 1010. The molecule has 0 bridgehead atoms. The molecule has 7 nitrogen and oxygen atoms in total. The van der Waals surface area contributed by atoms with Gasteiger partial charge in [0.15, 0.2) is 10.4 Å². The molecule has 0 saturated heterocycles. The highest BCUT2D eigenvalue weighted by molar-refractivity contribution is 9.10. The first kappa shape index (κ1) is 16.0. The Morgan fingerprint density at radius 2 is 1.88 bits per heavy atom. The molecule has 1 aromatic carbocycles. The van der Waals surface area contributed by atoms with Crippen molar-refractivity contribution in [1.82, 2.24) is 4.68 Å². The third-order valence-corrected chi connectivity index (χ3v) is 3.78. The van der Waals surface area contributed by atoms with Crippen molar-refractivity contribution in [3.8, 4) is 0 Å². The second-order valence-corrected chi connectivity index (χ2v) is 5.58. The lowest BCUT2D eigenvalue weighted by molar-refractivity contribution is 0.0601. The Labute approximate surface area is 143 Å². The fourth-order valence-electron chi connectivity index (χ4n) is 2.25. The van der Waals surface area contributed by atoms with Gasteiger partial charge in [0.05, 0.1) is 12.7 Å². The number of hydrogen-bond donors (Lipinski definition) is 1. The molecule has 0 atom stereocenters. The van der Waals surface area contributed by atoms with Gasteiger partial charge in [0.1, 0.15) is 0 Å². The number of carbonyl (C=O) groups is 2. The number of amides is 1. The average Bonchev–Trinajstić information content (AvgIpc) is 3.03. The maximum Gasteiger partial charge on any atom is 0.340 e. The van der Waals surface area contributed by atoms with Crippen LogP contribution in [0.3, 0.4) is 0 Å². The number of furan rings is 1. The SMILES string of the molecule is COC(=O)c1cn(NC(=O)c2ccc(Br)o2)c(=O)c2ccccc12. The molecule has 2 heterocycles. The topological polar surface area (TPSA) is 90.5 Å². The maximum absolute atomic E-state index is 12.5. The zero-order chi connectivity index (χ0) is 17.3. The van der Waals surface area contributed by atoms with Crippen LogP contribution in [-0.2, 0) is 4.74 Å². The third-order valence-electron chi connectivity index (χ3n) is 3.35. The second kappa shape index (κ2) is 6.32. The molecule has 0 spiro atoms. The summed E-state index contributed by atoms with van der Waals surface area (Å²) >= 11 is 3.10. The van der Waals surface area contributed by atoms with E-state index in [-0.39, 0.29) is 16.7 Å². The molecule has 0 aliphatic carbocycles. The third kappa shape index (κ3) is 2.83. The van der Waals surface area contributed by atoms with Crippen LogP contribution in [0.25, 0.3) is 10.8 Å². The Morgan fingerprint density at radius 1 is 1.17 bits per heavy atom. The van der Waals surface area contributed by atoms with Crippen molar-refractivity contribution in [2.24, 2.45) is 0 Å². The van der Waals surface area contributed by atoms with E-state index < -0.39 is 17.4 Å². The molecule has 122 valence electrons. The Balaban J connectivity index is 2.11. The molecule has 0 radical (unpaired) electrons. The Kier molecular flexibility index (Phi) is 4.22. The van der Waals surface area contributed by atoms with Gasteiger partial charge in [-0.05, 0) is 34.1 Å². The number of ether oxygens (including phenoxy) is 1. The van der Waals surface area contributed by atoms with Crippen molar-refractivity contribution in [3.05, 3.63) is 68.9 Å². The van der Waals surface area contributed by atoms with E-state index in [2.05, 4.69) is 21.4 Å². The average molecular weight is 391 g/mol. The first-order valence-corrected chi connectivity index (χ1v) is 7.60.